The molecule has 0 heterocycles. The number of hydrogen-bond donors (Lipinski definition) is 1. The largest absolute Gasteiger partial charge is 0.324 e. The van der Waals surface area contributed by atoms with Gasteiger partial charge in [-0.1, -0.05) is 49.7 Å². The van der Waals surface area contributed by atoms with Crippen LogP contribution in [0, 0.1) is 6.92 Å². The van der Waals surface area contributed by atoms with Gasteiger partial charge in [0.05, 0.1) is 11.9 Å². The predicted molar refractivity (Wildman–Crippen MR) is 107 cm³/mol. The Kier molecular flexibility index (Phi) is 6.08. The Bertz CT molecular complexity index is 874. The molecule has 6 heteroatoms. The highest BCUT2D eigenvalue weighted by atomic mass is 32.2. The van der Waals surface area contributed by atoms with Gasteiger partial charge in [0, 0.05) is 5.69 Å². The van der Waals surface area contributed by atoms with Crippen molar-refractivity contribution in [3.63, 3.8) is 0 Å². The van der Waals surface area contributed by atoms with Gasteiger partial charge in [-0.3, -0.25) is 9.10 Å². The molecule has 2 rings (SSSR count). The van der Waals surface area contributed by atoms with Gasteiger partial charge in [-0.2, -0.15) is 0 Å². The lowest BCUT2D eigenvalue weighted by molar-refractivity contribution is -0.116. The minimum atomic E-state index is -3.62. The average Bonchev–Trinajstić information content (AvgIpc) is 2.55. The third kappa shape index (κ3) is 4.64. The van der Waals surface area contributed by atoms with Gasteiger partial charge < -0.3 is 5.32 Å². The SMILES string of the molecule is Cc1ccc(N([C@H](C)C(=O)Nc2ccccc2C(C)C)S(C)(=O)=O)cc1. The molecule has 0 aliphatic rings. The Balaban J connectivity index is 2.33. The molecule has 26 heavy (non-hydrogen) atoms. The number of anilines is 2. The molecule has 0 spiro atoms. The molecule has 1 N–H and O–H groups in total. The molecule has 0 saturated carbocycles. The van der Waals surface area contributed by atoms with Crippen molar-refractivity contribution in [2.24, 2.45) is 0 Å². The van der Waals surface area contributed by atoms with E-state index in [9.17, 15) is 13.2 Å². The van der Waals surface area contributed by atoms with E-state index in [4.69, 9.17) is 0 Å². The molecule has 0 saturated heterocycles. The van der Waals surface area contributed by atoms with Crippen molar-refractivity contribution in [2.45, 2.75) is 39.7 Å². The van der Waals surface area contributed by atoms with Crippen molar-refractivity contribution in [3.8, 4) is 0 Å². The van der Waals surface area contributed by atoms with E-state index < -0.39 is 16.1 Å². The van der Waals surface area contributed by atoms with Gasteiger partial charge in [0.2, 0.25) is 15.9 Å². The zero-order valence-corrected chi connectivity index (χ0v) is 16.7. The summed E-state index contributed by atoms with van der Waals surface area (Å²) in [6.45, 7) is 7.61. The third-order valence-corrected chi connectivity index (χ3v) is 5.46. The fraction of sp³-hybridized carbons (Fsp3) is 0.350. The van der Waals surface area contributed by atoms with Crippen LogP contribution in [0.5, 0.6) is 0 Å². The zero-order chi connectivity index (χ0) is 19.5. The van der Waals surface area contributed by atoms with E-state index in [0.29, 0.717) is 11.4 Å². The van der Waals surface area contributed by atoms with Crippen molar-refractivity contribution in [1.82, 2.24) is 0 Å². The Morgan fingerprint density at radius 1 is 1.00 bits per heavy atom. The van der Waals surface area contributed by atoms with Crippen molar-refractivity contribution in [3.05, 3.63) is 59.7 Å². The summed E-state index contributed by atoms with van der Waals surface area (Å²) >= 11 is 0. The smallest absolute Gasteiger partial charge is 0.248 e. The van der Waals surface area contributed by atoms with Crippen LogP contribution in [0.1, 0.15) is 37.8 Å². The summed E-state index contributed by atoms with van der Waals surface area (Å²) < 4.78 is 25.8. The molecule has 0 unspecified atom stereocenters. The number of carbonyl (C=O) groups excluding carboxylic acids is 1. The van der Waals surface area contributed by atoms with Crippen LogP contribution in [-0.4, -0.2) is 26.6 Å². The summed E-state index contributed by atoms with van der Waals surface area (Å²) in [5.74, 6) is -0.131. The van der Waals surface area contributed by atoms with E-state index in [-0.39, 0.29) is 11.8 Å². The highest BCUT2D eigenvalue weighted by Gasteiger charge is 2.29. The number of rotatable bonds is 6. The number of amides is 1. The minimum absolute atomic E-state index is 0.241. The highest BCUT2D eigenvalue weighted by molar-refractivity contribution is 7.92. The Morgan fingerprint density at radius 2 is 1.58 bits per heavy atom. The van der Waals surface area contributed by atoms with Crippen LogP contribution in [0.15, 0.2) is 48.5 Å². The van der Waals surface area contributed by atoms with Crippen LogP contribution < -0.4 is 9.62 Å². The Hall–Kier alpha value is -2.34. The lowest BCUT2D eigenvalue weighted by Crippen LogP contribution is -2.45. The summed E-state index contributed by atoms with van der Waals surface area (Å²) in [5.41, 5.74) is 3.20. The number of carbonyl (C=O) groups is 1. The quantitative estimate of drug-likeness (QED) is 0.833. The molecule has 2 aromatic carbocycles. The topological polar surface area (TPSA) is 66.5 Å². The lowest BCUT2D eigenvalue weighted by atomic mass is 10.0. The number of nitrogens with one attached hydrogen (secondary N) is 1. The first kappa shape index (κ1) is 20.0. The molecule has 2 aromatic rings. The van der Waals surface area contributed by atoms with Crippen LogP contribution in [-0.2, 0) is 14.8 Å². The summed E-state index contributed by atoms with van der Waals surface area (Å²) in [5, 5.41) is 2.88. The van der Waals surface area contributed by atoms with Crippen LogP contribution in [0.2, 0.25) is 0 Å². The molecule has 5 nitrogen and oxygen atoms in total. The van der Waals surface area contributed by atoms with Gasteiger partial charge in [0.1, 0.15) is 6.04 Å². The summed E-state index contributed by atoms with van der Waals surface area (Å²) in [4.78, 5) is 12.8. The molecule has 1 amide bonds. The van der Waals surface area contributed by atoms with Gasteiger partial charge in [-0.25, -0.2) is 8.42 Å². The minimum Gasteiger partial charge on any atom is -0.324 e. The number of sulfonamides is 1. The highest BCUT2D eigenvalue weighted by Crippen LogP contribution is 2.26. The van der Waals surface area contributed by atoms with Gasteiger partial charge in [-0.15, -0.1) is 0 Å². The second kappa shape index (κ2) is 7.91. The average molecular weight is 375 g/mol. The Morgan fingerprint density at radius 3 is 2.12 bits per heavy atom. The maximum atomic E-state index is 12.8. The van der Waals surface area contributed by atoms with Crippen LogP contribution >= 0.6 is 0 Å². The molecule has 1 atom stereocenters. The van der Waals surface area contributed by atoms with E-state index >= 15 is 0 Å². The second-order valence-electron chi connectivity index (χ2n) is 6.80. The third-order valence-electron chi connectivity index (χ3n) is 4.22. The molecule has 0 aromatic heterocycles. The molecule has 0 radical (unpaired) electrons. The summed E-state index contributed by atoms with van der Waals surface area (Å²) in [6.07, 6.45) is 1.11. The molecule has 0 aliphatic heterocycles. The first-order valence-electron chi connectivity index (χ1n) is 8.57. The van der Waals surface area contributed by atoms with Crippen molar-refractivity contribution in [2.75, 3.05) is 15.9 Å². The van der Waals surface area contributed by atoms with Gasteiger partial charge >= 0.3 is 0 Å². The van der Waals surface area contributed by atoms with Crippen LogP contribution in [0.25, 0.3) is 0 Å². The molecule has 0 aliphatic carbocycles. The predicted octanol–water partition coefficient (Wildman–Crippen LogP) is 3.91. The summed E-state index contributed by atoms with van der Waals surface area (Å²) in [7, 11) is -3.62. The van der Waals surface area contributed by atoms with Gasteiger partial charge in [0.25, 0.3) is 0 Å². The zero-order valence-electron chi connectivity index (χ0n) is 15.9. The van der Waals surface area contributed by atoms with Crippen molar-refractivity contribution >= 4 is 27.3 Å². The maximum Gasteiger partial charge on any atom is 0.248 e. The lowest BCUT2D eigenvalue weighted by Gasteiger charge is -2.28. The van der Waals surface area contributed by atoms with Crippen molar-refractivity contribution < 1.29 is 13.2 Å². The fourth-order valence-corrected chi connectivity index (χ4v) is 4.03. The number of para-hydroxylation sites is 1. The maximum absolute atomic E-state index is 12.8. The fourth-order valence-electron chi connectivity index (χ4n) is 2.85. The van der Waals surface area contributed by atoms with E-state index in [1.165, 1.54) is 0 Å². The molecule has 0 bridgehead atoms. The molecular formula is C20H26N2O3S. The van der Waals surface area contributed by atoms with Crippen molar-refractivity contribution in [1.29, 1.82) is 0 Å². The van der Waals surface area contributed by atoms with E-state index in [1.807, 2.05) is 57.2 Å². The normalized spacial score (nSPS) is 12.7. The monoisotopic (exact) mass is 374 g/mol. The number of hydrogen-bond acceptors (Lipinski definition) is 3. The number of aryl methyl sites for hydroxylation is 1. The molecule has 0 fully saturated rings. The standard InChI is InChI=1S/C20H26N2O3S/c1-14(2)18-8-6-7-9-19(18)21-20(23)16(4)22(26(5,24)25)17-12-10-15(3)11-13-17/h6-14,16H,1-5H3,(H,21,23)/t16-/m1/s1. The second-order valence-corrected chi connectivity index (χ2v) is 8.66. The Labute approximate surface area is 156 Å². The van der Waals surface area contributed by atoms with E-state index in [2.05, 4.69) is 5.32 Å². The number of nitrogens with zero attached hydrogens (tertiary/aromatic N) is 1. The summed E-state index contributed by atoms with van der Waals surface area (Å²) in [6, 6.07) is 13.7. The van der Waals surface area contributed by atoms with Crippen LogP contribution in [0.4, 0.5) is 11.4 Å². The first-order chi connectivity index (χ1) is 12.1. The van der Waals surface area contributed by atoms with Crippen LogP contribution in [0.3, 0.4) is 0 Å². The number of benzene rings is 2. The van der Waals surface area contributed by atoms with Gasteiger partial charge in [-0.05, 0) is 43.5 Å². The first-order valence-corrected chi connectivity index (χ1v) is 10.4. The molecule has 140 valence electrons. The van der Waals surface area contributed by atoms with Gasteiger partial charge in [0.15, 0.2) is 0 Å². The van der Waals surface area contributed by atoms with E-state index in [0.717, 1.165) is 21.7 Å². The van der Waals surface area contributed by atoms with E-state index in [1.54, 1.807) is 19.1 Å². The molecular weight excluding hydrogens is 348 g/mol.